The number of pyridine rings is 1. The van der Waals surface area contributed by atoms with Gasteiger partial charge in [-0.05, 0) is 38.1 Å². The molecule has 4 rings (SSSR count). The molecule has 3 aromatic rings. The van der Waals surface area contributed by atoms with Gasteiger partial charge in [-0.1, -0.05) is 0 Å². The minimum absolute atomic E-state index is 0.0636. The van der Waals surface area contributed by atoms with E-state index in [0.29, 0.717) is 28.7 Å². The molecule has 32 heavy (non-hydrogen) atoms. The van der Waals surface area contributed by atoms with Crippen LogP contribution in [-0.4, -0.2) is 40.7 Å². The number of anilines is 5. The van der Waals surface area contributed by atoms with Crippen molar-refractivity contribution in [1.29, 1.82) is 0 Å². The van der Waals surface area contributed by atoms with Crippen LogP contribution in [0.2, 0.25) is 0 Å². The van der Waals surface area contributed by atoms with Gasteiger partial charge in [-0.3, -0.25) is 4.79 Å². The minimum atomic E-state index is -0.974. The van der Waals surface area contributed by atoms with E-state index in [9.17, 15) is 9.18 Å². The van der Waals surface area contributed by atoms with Gasteiger partial charge in [0, 0.05) is 11.8 Å². The zero-order chi connectivity index (χ0) is 22.9. The molecule has 0 radical (unpaired) electrons. The zero-order valence-electron chi connectivity index (χ0n) is 17.8. The summed E-state index contributed by atoms with van der Waals surface area (Å²) in [5.74, 6) is 0.284. The molecule has 3 heterocycles. The highest BCUT2D eigenvalue weighted by Crippen LogP contribution is 2.36. The lowest BCUT2D eigenvalue weighted by Gasteiger charge is -2.31. The summed E-state index contributed by atoms with van der Waals surface area (Å²) >= 11 is 0. The van der Waals surface area contributed by atoms with Crippen molar-refractivity contribution in [3.63, 3.8) is 0 Å². The molecule has 0 saturated heterocycles. The number of nitrogens with zero attached hydrogens (tertiary/aromatic N) is 3. The number of benzene rings is 1. The Hall–Kier alpha value is -4.15. The van der Waals surface area contributed by atoms with Crippen molar-refractivity contribution in [1.82, 2.24) is 15.0 Å². The van der Waals surface area contributed by atoms with Gasteiger partial charge in [0.05, 0.1) is 26.1 Å². The Bertz CT molecular complexity index is 1190. The molecule has 1 amide bonds. The summed E-state index contributed by atoms with van der Waals surface area (Å²) in [5.41, 5.74) is 0.474. The average Bonchev–Trinajstić information content (AvgIpc) is 2.77. The van der Waals surface area contributed by atoms with E-state index in [1.54, 1.807) is 44.2 Å². The monoisotopic (exact) mass is 440 g/mol. The largest absolute Gasteiger partial charge is 0.481 e. The maximum atomic E-state index is 14.4. The number of ether oxygens (including phenoxy) is 3. The molecular formula is C21H21FN6O4. The van der Waals surface area contributed by atoms with E-state index >= 15 is 0 Å². The van der Waals surface area contributed by atoms with Crippen LogP contribution in [0.25, 0.3) is 0 Å². The number of carbonyl (C=O) groups is 1. The summed E-state index contributed by atoms with van der Waals surface area (Å²) in [6, 6.07) is 8.33. The number of hydrogen-bond acceptors (Lipinski definition) is 9. The lowest BCUT2D eigenvalue weighted by Crippen LogP contribution is -2.45. The first-order chi connectivity index (χ1) is 15.3. The average molecular weight is 440 g/mol. The van der Waals surface area contributed by atoms with Crippen LogP contribution in [-0.2, 0) is 4.79 Å². The standard InChI is InChI=1S/C21H21FN6O4/c1-21(2)19(29)25-14-9-11(5-7-15(14)32-21)24-17-12(22)10-23-20(28-17)26-13-6-8-16(30-3)27-18(13)31-4/h5-10H,1-4H3,(H,25,29)(H2,23,24,26,28). The van der Waals surface area contributed by atoms with E-state index in [2.05, 4.69) is 30.9 Å². The van der Waals surface area contributed by atoms with Crippen LogP contribution in [0.1, 0.15) is 13.8 Å². The number of fused-ring (bicyclic) bond motifs is 1. The van der Waals surface area contributed by atoms with Crippen LogP contribution < -0.4 is 30.2 Å². The number of amides is 1. The molecule has 1 aromatic carbocycles. The maximum absolute atomic E-state index is 14.4. The van der Waals surface area contributed by atoms with E-state index < -0.39 is 11.4 Å². The first-order valence-corrected chi connectivity index (χ1v) is 9.59. The van der Waals surface area contributed by atoms with Gasteiger partial charge >= 0.3 is 0 Å². The summed E-state index contributed by atoms with van der Waals surface area (Å²) in [7, 11) is 2.96. The van der Waals surface area contributed by atoms with Crippen molar-refractivity contribution in [2.45, 2.75) is 19.4 Å². The number of aromatic nitrogens is 3. The molecule has 1 aliphatic rings. The van der Waals surface area contributed by atoms with Crippen LogP contribution in [0, 0.1) is 5.82 Å². The van der Waals surface area contributed by atoms with Crippen LogP contribution >= 0.6 is 0 Å². The highest BCUT2D eigenvalue weighted by Gasteiger charge is 2.35. The van der Waals surface area contributed by atoms with Gasteiger partial charge in [-0.25, -0.2) is 9.37 Å². The third-order valence-corrected chi connectivity index (χ3v) is 4.63. The lowest BCUT2D eigenvalue weighted by molar-refractivity contribution is -0.129. The quantitative estimate of drug-likeness (QED) is 0.528. The molecule has 0 atom stereocenters. The van der Waals surface area contributed by atoms with Crippen molar-refractivity contribution in [3.05, 3.63) is 42.3 Å². The van der Waals surface area contributed by atoms with Crippen molar-refractivity contribution >= 4 is 34.7 Å². The fourth-order valence-electron chi connectivity index (χ4n) is 2.95. The predicted molar refractivity (Wildman–Crippen MR) is 116 cm³/mol. The Labute approximate surface area is 183 Å². The van der Waals surface area contributed by atoms with Crippen molar-refractivity contribution in [2.75, 3.05) is 30.2 Å². The van der Waals surface area contributed by atoms with Crippen LogP contribution in [0.15, 0.2) is 36.5 Å². The number of nitrogens with one attached hydrogen (secondary N) is 3. The highest BCUT2D eigenvalue weighted by atomic mass is 19.1. The predicted octanol–water partition coefficient (Wildman–Crippen LogP) is 3.62. The number of rotatable bonds is 6. The molecule has 0 aliphatic carbocycles. The lowest BCUT2D eigenvalue weighted by atomic mass is 10.1. The molecule has 2 aromatic heterocycles. The molecule has 0 unspecified atom stereocenters. The SMILES string of the molecule is COc1ccc(Nc2ncc(F)c(Nc3ccc4c(c3)NC(=O)C(C)(C)O4)n2)c(OC)n1. The molecule has 0 spiro atoms. The third-order valence-electron chi connectivity index (χ3n) is 4.63. The van der Waals surface area contributed by atoms with Gasteiger partial charge in [0.2, 0.25) is 17.7 Å². The number of hydrogen-bond donors (Lipinski definition) is 3. The molecule has 0 fully saturated rings. The van der Waals surface area contributed by atoms with E-state index in [4.69, 9.17) is 14.2 Å². The first-order valence-electron chi connectivity index (χ1n) is 9.59. The van der Waals surface area contributed by atoms with Gasteiger partial charge < -0.3 is 30.2 Å². The fourth-order valence-corrected chi connectivity index (χ4v) is 2.95. The molecule has 3 N–H and O–H groups in total. The molecular weight excluding hydrogens is 419 g/mol. The topological polar surface area (TPSA) is 120 Å². The second kappa shape index (κ2) is 8.17. The summed E-state index contributed by atoms with van der Waals surface area (Å²) in [4.78, 5) is 24.5. The van der Waals surface area contributed by atoms with E-state index in [1.165, 1.54) is 14.2 Å². The van der Waals surface area contributed by atoms with Gasteiger partial charge in [-0.15, -0.1) is 0 Å². The molecule has 10 nitrogen and oxygen atoms in total. The van der Waals surface area contributed by atoms with Crippen LogP contribution in [0.5, 0.6) is 17.5 Å². The van der Waals surface area contributed by atoms with Crippen molar-refractivity contribution in [2.24, 2.45) is 0 Å². The first kappa shape index (κ1) is 21.1. The van der Waals surface area contributed by atoms with Crippen LogP contribution in [0.4, 0.5) is 33.2 Å². The molecule has 166 valence electrons. The van der Waals surface area contributed by atoms with E-state index in [0.717, 1.165) is 6.20 Å². The molecule has 1 aliphatic heterocycles. The summed E-state index contributed by atoms with van der Waals surface area (Å²) in [6.45, 7) is 3.35. The molecule has 0 saturated carbocycles. The Kier molecular flexibility index (Phi) is 5.39. The van der Waals surface area contributed by atoms with E-state index in [1.807, 2.05) is 0 Å². The highest BCUT2D eigenvalue weighted by molar-refractivity contribution is 6.00. The Morgan fingerprint density at radius 1 is 1.09 bits per heavy atom. The fraction of sp³-hybridized carbons (Fsp3) is 0.238. The Morgan fingerprint density at radius 3 is 2.66 bits per heavy atom. The van der Waals surface area contributed by atoms with Gasteiger partial charge in [0.25, 0.3) is 5.91 Å². The number of methoxy groups -OCH3 is 2. The smallest absolute Gasteiger partial charge is 0.268 e. The summed E-state index contributed by atoms with van der Waals surface area (Å²) in [6.07, 6.45) is 1.03. The van der Waals surface area contributed by atoms with Gasteiger partial charge in [0.15, 0.2) is 17.2 Å². The summed E-state index contributed by atoms with van der Waals surface area (Å²) in [5, 5.41) is 8.62. The second-order valence-electron chi connectivity index (χ2n) is 7.33. The van der Waals surface area contributed by atoms with E-state index in [-0.39, 0.29) is 23.6 Å². The molecule has 11 heteroatoms. The zero-order valence-corrected chi connectivity index (χ0v) is 17.8. The number of halogens is 1. The Morgan fingerprint density at radius 2 is 1.91 bits per heavy atom. The number of carbonyl (C=O) groups excluding carboxylic acids is 1. The van der Waals surface area contributed by atoms with Crippen LogP contribution in [0.3, 0.4) is 0 Å². The normalized spacial score (nSPS) is 14.0. The minimum Gasteiger partial charge on any atom is -0.481 e. The third kappa shape index (κ3) is 4.17. The van der Waals surface area contributed by atoms with Crippen molar-refractivity contribution < 1.29 is 23.4 Å². The summed E-state index contributed by atoms with van der Waals surface area (Å²) < 4.78 is 30.4. The van der Waals surface area contributed by atoms with Gasteiger partial charge in [0.1, 0.15) is 11.4 Å². The maximum Gasteiger partial charge on any atom is 0.268 e. The van der Waals surface area contributed by atoms with Gasteiger partial charge in [-0.2, -0.15) is 9.97 Å². The van der Waals surface area contributed by atoms with Crippen molar-refractivity contribution in [3.8, 4) is 17.5 Å². The molecule has 0 bridgehead atoms. The second-order valence-corrected chi connectivity index (χ2v) is 7.33. The Balaban J connectivity index is 1.57.